The van der Waals surface area contributed by atoms with Gasteiger partial charge in [0.15, 0.2) is 0 Å². The smallest absolute Gasteiger partial charge is 0.0378 e. The molecule has 0 spiro atoms. The second-order valence-corrected chi connectivity index (χ2v) is 4.99. The van der Waals surface area contributed by atoms with Gasteiger partial charge in [0.1, 0.15) is 0 Å². The standard InChI is InChI=1S/C17H17N3/c18-16-7-8-20-11-15(16)10-17(19)14-6-5-12-3-1-2-4-13(12)9-14/h1-9,11,17H,10,19H2,(H2,18,20). The average Bonchev–Trinajstić information content (AvgIpc) is 2.49. The lowest BCUT2D eigenvalue weighted by molar-refractivity contribution is 0.722. The summed E-state index contributed by atoms with van der Waals surface area (Å²) >= 11 is 0. The Morgan fingerprint density at radius 3 is 2.60 bits per heavy atom. The topological polar surface area (TPSA) is 64.9 Å². The van der Waals surface area contributed by atoms with Crippen LogP contribution in [0.1, 0.15) is 17.2 Å². The number of aromatic nitrogens is 1. The van der Waals surface area contributed by atoms with Crippen molar-refractivity contribution in [3.63, 3.8) is 0 Å². The van der Waals surface area contributed by atoms with E-state index in [1.54, 1.807) is 12.4 Å². The second kappa shape index (κ2) is 5.31. The maximum Gasteiger partial charge on any atom is 0.0378 e. The molecule has 0 bridgehead atoms. The van der Waals surface area contributed by atoms with Crippen LogP contribution in [0.3, 0.4) is 0 Å². The number of benzene rings is 2. The molecule has 1 aromatic heterocycles. The van der Waals surface area contributed by atoms with Crippen LogP contribution >= 0.6 is 0 Å². The summed E-state index contributed by atoms with van der Waals surface area (Å²) < 4.78 is 0. The molecule has 1 atom stereocenters. The fraction of sp³-hybridized carbons (Fsp3) is 0.118. The molecule has 2 aromatic carbocycles. The molecule has 0 radical (unpaired) electrons. The fourth-order valence-corrected chi connectivity index (χ4v) is 2.40. The summed E-state index contributed by atoms with van der Waals surface area (Å²) in [4.78, 5) is 4.11. The lowest BCUT2D eigenvalue weighted by Crippen LogP contribution is -2.14. The van der Waals surface area contributed by atoms with E-state index < -0.39 is 0 Å². The van der Waals surface area contributed by atoms with E-state index in [-0.39, 0.29) is 6.04 Å². The first-order valence-electron chi connectivity index (χ1n) is 6.66. The third-order valence-electron chi connectivity index (χ3n) is 3.58. The molecule has 0 aliphatic heterocycles. The van der Waals surface area contributed by atoms with E-state index in [1.807, 2.05) is 18.2 Å². The minimum absolute atomic E-state index is 0.0777. The van der Waals surface area contributed by atoms with E-state index in [0.717, 1.165) is 16.8 Å². The van der Waals surface area contributed by atoms with Gasteiger partial charge in [0.2, 0.25) is 0 Å². The van der Waals surface area contributed by atoms with Gasteiger partial charge in [-0.2, -0.15) is 0 Å². The summed E-state index contributed by atoms with van der Waals surface area (Å²) in [6.07, 6.45) is 4.18. The molecule has 0 amide bonds. The van der Waals surface area contributed by atoms with Crippen molar-refractivity contribution in [2.45, 2.75) is 12.5 Å². The van der Waals surface area contributed by atoms with E-state index in [4.69, 9.17) is 11.5 Å². The highest BCUT2D eigenvalue weighted by Gasteiger charge is 2.09. The van der Waals surface area contributed by atoms with Gasteiger partial charge in [-0.05, 0) is 40.5 Å². The Labute approximate surface area is 118 Å². The first-order chi connectivity index (χ1) is 9.74. The first kappa shape index (κ1) is 12.6. The van der Waals surface area contributed by atoms with Crippen LogP contribution in [-0.4, -0.2) is 4.98 Å². The SMILES string of the molecule is Nc1ccncc1CC(N)c1ccc2ccccc2c1. The Balaban J connectivity index is 1.89. The van der Waals surface area contributed by atoms with Gasteiger partial charge in [0, 0.05) is 24.1 Å². The highest BCUT2D eigenvalue weighted by Crippen LogP contribution is 2.23. The van der Waals surface area contributed by atoms with E-state index in [9.17, 15) is 0 Å². The lowest BCUT2D eigenvalue weighted by atomic mass is 9.97. The van der Waals surface area contributed by atoms with Gasteiger partial charge >= 0.3 is 0 Å². The predicted molar refractivity (Wildman–Crippen MR) is 83.2 cm³/mol. The summed E-state index contributed by atoms with van der Waals surface area (Å²) in [6.45, 7) is 0. The molecule has 3 nitrogen and oxygen atoms in total. The third kappa shape index (κ3) is 2.49. The van der Waals surface area contributed by atoms with Crippen molar-refractivity contribution in [1.29, 1.82) is 0 Å². The van der Waals surface area contributed by atoms with Crippen molar-refractivity contribution in [3.8, 4) is 0 Å². The van der Waals surface area contributed by atoms with Gasteiger partial charge in [0.05, 0.1) is 0 Å². The number of fused-ring (bicyclic) bond motifs is 1. The van der Waals surface area contributed by atoms with E-state index in [2.05, 4.69) is 35.3 Å². The molecule has 1 heterocycles. The van der Waals surface area contributed by atoms with Gasteiger partial charge in [-0.25, -0.2) is 0 Å². The lowest BCUT2D eigenvalue weighted by Gasteiger charge is -2.14. The average molecular weight is 263 g/mol. The Hall–Kier alpha value is -2.39. The molecule has 0 aliphatic rings. The van der Waals surface area contributed by atoms with Crippen molar-refractivity contribution >= 4 is 16.5 Å². The Morgan fingerprint density at radius 2 is 1.80 bits per heavy atom. The molecule has 3 rings (SSSR count). The number of anilines is 1. The van der Waals surface area contributed by atoms with Crippen LogP contribution in [0.2, 0.25) is 0 Å². The number of hydrogen-bond donors (Lipinski definition) is 2. The predicted octanol–water partition coefficient (Wildman–Crippen LogP) is 3.06. The van der Waals surface area contributed by atoms with E-state index in [1.165, 1.54) is 10.8 Å². The van der Waals surface area contributed by atoms with Crippen LogP contribution in [0.5, 0.6) is 0 Å². The fourth-order valence-electron chi connectivity index (χ4n) is 2.40. The summed E-state index contributed by atoms with van der Waals surface area (Å²) in [7, 11) is 0. The Bertz CT molecular complexity index is 737. The van der Waals surface area contributed by atoms with Crippen LogP contribution in [0.15, 0.2) is 60.9 Å². The van der Waals surface area contributed by atoms with Crippen LogP contribution in [-0.2, 0) is 6.42 Å². The number of nitrogens with two attached hydrogens (primary N) is 2. The van der Waals surface area contributed by atoms with Crippen molar-refractivity contribution in [1.82, 2.24) is 4.98 Å². The van der Waals surface area contributed by atoms with Crippen LogP contribution in [0.4, 0.5) is 5.69 Å². The zero-order valence-corrected chi connectivity index (χ0v) is 11.2. The number of nitrogens with zero attached hydrogens (tertiary/aromatic N) is 1. The highest BCUT2D eigenvalue weighted by atomic mass is 14.7. The van der Waals surface area contributed by atoms with Gasteiger partial charge in [0.25, 0.3) is 0 Å². The molecule has 20 heavy (non-hydrogen) atoms. The molecule has 0 saturated carbocycles. The monoisotopic (exact) mass is 263 g/mol. The largest absolute Gasteiger partial charge is 0.398 e. The molecule has 0 aliphatic carbocycles. The van der Waals surface area contributed by atoms with E-state index in [0.29, 0.717) is 6.42 Å². The number of rotatable bonds is 3. The minimum atomic E-state index is -0.0777. The summed E-state index contributed by atoms with van der Waals surface area (Å²) in [6, 6.07) is 16.3. The summed E-state index contributed by atoms with van der Waals surface area (Å²) in [5.74, 6) is 0. The Kier molecular flexibility index (Phi) is 3.35. The zero-order chi connectivity index (χ0) is 13.9. The normalized spacial score (nSPS) is 12.4. The molecule has 1 unspecified atom stereocenters. The molecular weight excluding hydrogens is 246 g/mol. The number of hydrogen-bond acceptors (Lipinski definition) is 3. The quantitative estimate of drug-likeness (QED) is 0.763. The third-order valence-corrected chi connectivity index (χ3v) is 3.58. The first-order valence-corrected chi connectivity index (χ1v) is 6.66. The second-order valence-electron chi connectivity index (χ2n) is 4.99. The van der Waals surface area contributed by atoms with Gasteiger partial charge in [-0.15, -0.1) is 0 Å². The van der Waals surface area contributed by atoms with Crippen molar-refractivity contribution in [2.24, 2.45) is 5.73 Å². The van der Waals surface area contributed by atoms with Gasteiger partial charge in [-0.1, -0.05) is 36.4 Å². The summed E-state index contributed by atoms with van der Waals surface area (Å²) in [5.41, 5.74) is 15.1. The molecule has 3 aromatic rings. The Morgan fingerprint density at radius 1 is 1.00 bits per heavy atom. The van der Waals surface area contributed by atoms with Crippen molar-refractivity contribution < 1.29 is 0 Å². The van der Waals surface area contributed by atoms with Gasteiger partial charge in [-0.3, -0.25) is 4.98 Å². The van der Waals surface area contributed by atoms with Crippen molar-refractivity contribution in [2.75, 3.05) is 5.73 Å². The number of pyridine rings is 1. The minimum Gasteiger partial charge on any atom is -0.398 e. The molecule has 0 saturated heterocycles. The van der Waals surface area contributed by atoms with Crippen LogP contribution < -0.4 is 11.5 Å². The molecular formula is C17H17N3. The van der Waals surface area contributed by atoms with Crippen LogP contribution in [0, 0.1) is 0 Å². The highest BCUT2D eigenvalue weighted by molar-refractivity contribution is 5.83. The summed E-state index contributed by atoms with van der Waals surface area (Å²) in [5, 5.41) is 2.43. The number of nitrogen functional groups attached to an aromatic ring is 1. The van der Waals surface area contributed by atoms with E-state index >= 15 is 0 Å². The molecule has 100 valence electrons. The van der Waals surface area contributed by atoms with Gasteiger partial charge < -0.3 is 11.5 Å². The molecule has 3 heteroatoms. The molecule has 4 N–H and O–H groups in total. The maximum atomic E-state index is 6.30. The van der Waals surface area contributed by atoms with Crippen LogP contribution in [0.25, 0.3) is 10.8 Å². The maximum absolute atomic E-state index is 6.30. The molecule has 0 fully saturated rings. The zero-order valence-electron chi connectivity index (χ0n) is 11.2. The van der Waals surface area contributed by atoms with Crippen molar-refractivity contribution in [3.05, 3.63) is 72.1 Å².